The predicted molar refractivity (Wildman–Crippen MR) is 44.7 cm³/mol. The zero-order valence-electron chi connectivity index (χ0n) is 6.62. The van der Waals surface area contributed by atoms with Gasteiger partial charge in [-0.05, 0) is 19.3 Å². The fourth-order valence-corrected chi connectivity index (χ4v) is 1.62. The number of nitrogens with zero attached hydrogens (tertiary/aromatic N) is 1. The van der Waals surface area contributed by atoms with Gasteiger partial charge >= 0.3 is 0 Å². The average molecular weight is 151 g/mol. The minimum absolute atomic E-state index is 0.586. The van der Waals surface area contributed by atoms with E-state index in [9.17, 15) is 0 Å². The minimum atomic E-state index is 0.586. The van der Waals surface area contributed by atoms with E-state index in [1.54, 1.807) is 0 Å². The molecule has 1 unspecified atom stereocenters. The molecule has 1 aliphatic heterocycles. The number of allylic oxidation sites excluding steroid dienone is 2. The van der Waals surface area contributed by atoms with Crippen LogP contribution in [0.25, 0.3) is 0 Å². The summed E-state index contributed by atoms with van der Waals surface area (Å²) in [6, 6.07) is 0. The van der Waals surface area contributed by atoms with E-state index in [1.807, 2.05) is 0 Å². The molecule has 0 bridgehead atoms. The first-order chi connectivity index (χ1) is 5.47. The molecule has 0 fully saturated rings. The number of aliphatic imine (C=N–C) groups is 1. The molecular weight excluding hydrogens is 138 g/mol. The number of hydrogen-bond acceptors (Lipinski definition) is 2. The molecule has 2 rings (SSSR count). The summed E-state index contributed by atoms with van der Waals surface area (Å²) in [4.78, 5) is 4.32. The Hall–Kier alpha value is -0.790. The Kier molecular flexibility index (Phi) is 1.93. The first-order valence-corrected chi connectivity index (χ1v) is 4.29. The normalized spacial score (nSPS) is 29.8. The van der Waals surface area contributed by atoms with Gasteiger partial charge in [-0.1, -0.05) is 12.2 Å². The van der Waals surface area contributed by atoms with Crippen LogP contribution in [0.15, 0.2) is 17.1 Å². The van der Waals surface area contributed by atoms with E-state index in [2.05, 4.69) is 17.1 Å². The van der Waals surface area contributed by atoms with Gasteiger partial charge in [0.15, 0.2) is 5.90 Å². The van der Waals surface area contributed by atoms with Crippen molar-refractivity contribution < 1.29 is 4.74 Å². The quantitative estimate of drug-likeness (QED) is 0.523. The van der Waals surface area contributed by atoms with Gasteiger partial charge in [0.2, 0.25) is 0 Å². The van der Waals surface area contributed by atoms with Crippen molar-refractivity contribution in [1.29, 1.82) is 0 Å². The van der Waals surface area contributed by atoms with Gasteiger partial charge in [0, 0.05) is 5.92 Å². The Morgan fingerprint density at radius 1 is 1.45 bits per heavy atom. The van der Waals surface area contributed by atoms with Crippen LogP contribution in [-0.4, -0.2) is 19.0 Å². The number of hydrogen-bond donors (Lipinski definition) is 0. The lowest BCUT2D eigenvalue weighted by molar-refractivity contribution is 0.317. The first-order valence-electron chi connectivity index (χ1n) is 4.29. The van der Waals surface area contributed by atoms with Gasteiger partial charge in [-0.25, -0.2) is 0 Å². The average Bonchev–Trinajstić information content (AvgIpc) is 2.58. The zero-order chi connectivity index (χ0) is 7.52. The van der Waals surface area contributed by atoms with Crippen LogP contribution in [0.3, 0.4) is 0 Å². The van der Waals surface area contributed by atoms with Gasteiger partial charge in [0.1, 0.15) is 6.61 Å². The van der Waals surface area contributed by atoms with E-state index in [-0.39, 0.29) is 0 Å². The second-order valence-electron chi connectivity index (χ2n) is 3.05. The van der Waals surface area contributed by atoms with Gasteiger partial charge in [0.05, 0.1) is 6.54 Å². The molecule has 1 atom stereocenters. The molecule has 2 heteroatoms. The molecule has 60 valence electrons. The van der Waals surface area contributed by atoms with Crippen molar-refractivity contribution in [3.8, 4) is 0 Å². The smallest absolute Gasteiger partial charge is 0.186 e. The monoisotopic (exact) mass is 151 g/mol. The maximum atomic E-state index is 5.41. The van der Waals surface area contributed by atoms with Crippen LogP contribution in [0, 0.1) is 5.92 Å². The third-order valence-corrected chi connectivity index (χ3v) is 2.23. The van der Waals surface area contributed by atoms with Gasteiger partial charge in [-0.3, -0.25) is 4.99 Å². The standard InChI is InChI=1S/C9H13NO/c1-2-4-8(5-3-1)9-10-6-7-11-9/h1-2,8H,3-7H2. The second kappa shape index (κ2) is 3.07. The highest BCUT2D eigenvalue weighted by Crippen LogP contribution is 2.21. The lowest BCUT2D eigenvalue weighted by atomic mass is 9.94. The molecule has 0 spiro atoms. The fourth-order valence-electron chi connectivity index (χ4n) is 1.62. The maximum absolute atomic E-state index is 5.41. The Bertz CT molecular complexity index is 196. The van der Waals surface area contributed by atoms with E-state index in [1.165, 1.54) is 12.8 Å². The number of rotatable bonds is 1. The largest absolute Gasteiger partial charge is 0.479 e. The highest BCUT2D eigenvalue weighted by molar-refractivity contribution is 5.80. The lowest BCUT2D eigenvalue weighted by Crippen LogP contribution is -2.15. The Labute approximate surface area is 67.0 Å². The van der Waals surface area contributed by atoms with Crippen molar-refractivity contribution in [1.82, 2.24) is 0 Å². The summed E-state index contributed by atoms with van der Waals surface area (Å²) in [6.45, 7) is 1.67. The molecule has 0 N–H and O–H groups in total. The molecular formula is C9H13NO. The topological polar surface area (TPSA) is 21.6 Å². The van der Waals surface area contributed by atoms with Crippen LogP contribution in [0.5, 0.6) is 0 Å². The van der Waals surface area contributed by atoms with E-state index in [0.717, 1.165) is 25.5 Å². The van der Waals surface area contributed by atoms with Crippen molar-refractivity contribution in [2.45, 2.75) is 19.3 Å². The minimum Gasteiger partial charge on any atom is -0.479 e. The zero-order valence-corrected chi connectivity index (χ0v) is 6.62. The van der Waals surface area contributed by atoms with Crippen LogP contribution >= 0.6 is 0 Å². The summed E-state index contributed by atoms with van der Waals surface area (Å²) in [5.74, 6) is 1.59. The van der Waals surface area contributed by atoms with Gasteiger partial charge in [-0.15, -0.1) is 0 Å². The van der Waals surface area contributed by atoms with Gasteiger partial charge in [0.25, 0.3) is 0 Å². The summed E-state index contributed by atoms with van der Waals surface area (Å²) < 4.78 is 5.41. The van der Waals surface area contributed by atoms with E-state index in [4.69, 9.17) is 4.74 Å². The Morgan fingerprint density at radius 3 is 3.09 bits per heavy atom. The van der Waals surface area contributed by atoms with Gasteiger partial charge in [-0.2, -0.15) is 0 Å². The molecule has 0 radical (unpaired) electrons. The van der Waals surface area contributed by atoms with Crippen LogP contribution in [-0.2, 0) is 4.74 Å². The van der Waals surface area contributed by atoms with Crippen molar-refractivity contribution in [2.24, 2.45) is 10.9 Å². The molecule has 0 saturated carbocycles. The predicted octanol–water partition coefficient (Wildman–Crippen LogP) is 1.77. The molecule has 0 aromatic rings. The summed E-state index contributed by atoms with van der Waals surface area (Å²) in [5, 5.41) is 0. The molecule has 0 aromatic carbocycles. The third-order valence-electron chi connectivity index (χ3n) is 2.23. The van der Waals surface area contributed by atoms with Crippen molar-refractivity contribution in [3.63, 3.8) is 0 Å². The first kappa shape index (κ1) is 6.89. The van der Waals surface area contributed by atoms with Crippen LogP contribution in [0.1, 0.15) is 19.3 Å². The second-order valence-corrected chi connectivity index (χ2v) is 3.05. The Balaban J connectivity index is 1.98. The highest BCUT2D eigenvalue weighted by atomic mass is 16.5. The Morgan fingerprint density at radius 2 is 2.45 bits per heavy atom. The van der Waals surface area contributed by atoms with Crippen LogP contribution in [0.2, 0.25) is 0 Å². The molecule has 0 amide bonds. The third kappa shape index (κ3) is 1.44. The maximum Gasteiger partial charge on any atom is 0.186 e. The fraction of sp³-hybridized carbons (Fsp3) is 0.667. The highest BCUT2D eigenvalue weighted by Gasteiger charge is 2.20. The summed E-state index contributed by atoms with van der Waals surface area (Å²) >= 11 is 0. The van der Waals surface area contributed by atoms with Crippen LogP contribution < -0.4 is 0 Å². The summed E-state index contributed by atoms with van der Waals surface area (Å²) in [6.07, 6.45) is 8.01. The molecule has 2 aliphatic rings. The molecule has 2 nitrogen and oxygen atoms in total. The van der Waals surface area contributed by atoms with E-state index < -0.39 is 0 Å². The van der Waals surface area contributed by atoms with Crippen molar-refractivity contribution in [3.05, 3.63) is 12.2 Å². The molecule has 1 aliphatic carbocycles. The van der Waals surface area contributed by atoms with E-state index >= 15 is 0 Å². The SMILES string of the molecule is C1=CCC(C2=NCCO2)CC1. The lowest BCUT2D eigenvalue weighted by Gasteiger charge is -2.16. The summed E-state index contributed by atoms with van der Waals surface area (Å²) in [5.41, 5.74) is 0. The van der Waals surface area contributed by atoms with Crippen LogP contribution in [0.4, 0.5) is 0 Å². The van der Waals surface area contributed by atoms with E-state index in [0.29, 0.717) is 5.92 Å². The van der Waals surface area contributed by atoms with Gasteiger partial charge < -0.3 is 4.74 Å². The molecule has 0 aromatic heterocycles. The van der Waals surface area contributed by atoms with Crippen molar-refractivity contribution in [2.75, 3.05) is 13.2 Å². The summed E-state index contributed by atoms with van der Waals surface area (Å²) in [7, 11) is 0. The number of ether oxygens (including phenoxy) is 1. The molecule has 0 saturated heterocycles. The molecule has 11 heavy (non-hydrogen) atoms. The molecule has 1 heterocycles. The van der Waals surface area contributed by atoms with Crippen molar-refractivity contribution >= 4 is 5.90 Å².